The van der Waals surface area contributed by atoms with Gasteiger partial charge in [0.2, 0.25) is 0 Å². The van der Waals surface area contributed by atoms with Gasteiger partial charge in [0, 0.05) is 0 Å². The Morgan fingerprint density at radius 2 is 1.90 bits per heavy atom. The average molecular weight is 282 g/mol. The molecule has 1 N–H and O–H groups in total. The number of benzene rings is 2. The molecule has 2 aromatic rings. The number of carbonyl (C=O) groups is 1. The van der Waals surface area contributed by atoms with Crippen LogP contribution in [0.3, 0.4) is 0 Å². The Kier molecular flexibility index (Phi) is 4.77. The molecule has 0 amide bonds. The molecule has 0 atom stereocenters. The van der Waals surface area contributed by atoms with E-state index in [4.69, 9.17) is 4.74 Å². The third-order valence-corrected chi connectivity index (χ3v) is 3.04. The highest BCUT2D eigenvalue weighted by molar-refractivity contribution is 6.08. The second kappa shape index (κ2) is 6.75. The van der Waals surface area contributed by atoms with Gasteiger partial charge in [0.15, 0.2) is 5.78 Å². The molecule has 3 heteroatoms. The predicted molar refractivity (Wildman–Crippen MR) is 83.8 cm³/mol. The third kappa shape index (κ3) is 3.96. The number of ether oxygens (including phenoxy) is 1. The van der Waals surface area contributed by atoms with Gasteiger partial charge in [-0.25, -0.2) is 0 Å². The van der Waals surface area contributed by atoms with Gasteiger partial charge in [-0.3, -0.25) is 4.79 Å². The normalized spacial score (nSPS) is 10.8. The Labute approximate surface area is 124 Å². The van der Waals surface area contributed by atoms with Crippen molar-refractivity contribution in [2.75, 3.05) is 6.61 Å². The van der Waals surface area contributed by atoms with Crippen molar-refractivity contribution in [2.24, 2.45) is 0 Å². The van der Waals surface area contributed by atoms with Gasteiger partial charge in [0.25, 0.3) is 0 Å². The summed E-state index contributed by atoms with van der Waals surface area (Å²) in [6, 6.07) is 12.5. The summed E-state index contributed by atoms with van der Waals surface area (Å²) in [7, 11) is 0. The van der Waals surface area contributed by atoms with Crippen molar-refractivity contribution in [3.05, 3.63) is 65.2 Å². The summed E-state index contributed by atoms with van der Waals surface area (Å²) in [5.74, 6) is 0.587. The second-order valence-electron chi connectivity index (χ2n) is 4.72. The molecular formula is C18H18O3. The Bertz CT molecular complexity index is 655. The van der Waals surface area contributed by atoms with Crippen LogP contribution >= 0.6 is 0 Å². The molecule has 0 saturated carbocycles. The molecule has 0 bridgehead atoms. The van der Waals surface area contributed by atoms with Crippen LogP contribution in [0.2, 0.25) is 0 Å². The molecule has 0 aliphatic heterocycles. The molecule has 0 saturated heterocycles. The molecule has 0 unspecified atom stereocenters. The zero-order valence-electron chi connectivity index (χ0n) is 12.2. The van der Waals surface area contributed by atoms with Crippen LogP contribution in [0.25, 0.3) is 6.08 Å². The number of hydrogen-bond acceptors (Lipinski definition) is 3. The van der Waals surface area contributed by atoms with E-state index in [1.165, 1.54) is 12.1 Å². The predicted octanol–water partition coefficient (Wildman–Crippen LogP) is 4.00. The van der Waals surface area contributed by atoms with Crippen LogP contribution in [0.5, 0.6) is 11.5 Å². The van der Waals surface area contributed by atoms with E-state index in [-0.39, 0.29) is 11.5 Å². The number of rotatable bonds is 5. The summed E-state index contributed by atoms with van der Waals surface area (Å²) in [5, 5.41) is 9.73. The first-order valence-corrected chi connectivity index (χ1v) is 6.85. The van der Waals surface area contributed by atoms with Gasteiger partial charge >= 0.3 is 0 Å². The van der Waals surface area contributed by atoms with Crippen LogP contribution in [0.4, 0.5) is 0 Å². The highest BCUT2D eigenvalue weighted by Gasteiger charge is 2.07. The molecule has 21 heavy (non-hydrogen) atoms. The summed E-state index contributed by atoms with van der Waals surface area (Å²) in [5.41, 5.74) is 2.15. The largest absolute Gasteiger partial charge is 0.507 e. The van der Waals surface area contributed by atoms with Crippen LogP contribution in [0.1, 0.15) is 28.4 Å². The van der Waals surface area contributed by atoms with E-state index in [2.05, 4.69) is 0 Å². The van der Waals surface area contributed by atoms with Crippen molar-refractivity contribution in [1.82, 2.24) is 0 Å². The smallest absolute Gasteiger partial charge is 0.189 e. The number of phenols is 1. The summed E-state index contributed by atoms with van der Waals surface area (Å²) >= 11 is 0. The Morgan fingerprint density at radius 3 is 2.57 bits per heavy atom. The minimum Gasteiger partial charge on any atom is -0.507 e. The number of hydrogen-bond donors (Lipinski definition) is 1. The standard InChI is InChI=1S/C18H18O3/c1-3-21-15-8-5-14(6-9-15)7-11-18(20)16-12-13(2)4-10-17(16)19/h4-12,19H,3H2,1-2H3/b11-7+. The van der Waals surface area contributed by atoms with Gasteiger partial charge < -0.3 is 9.84 Å². The SMILES string of the molecule is CCOc1ccc(/C=C/C(=O)c2cc(C)ccc2O)cc1. The van der Waals surface area contributed by atoms with E-state index in [9.17, 15) is 9.90 Å². The Balaban J connectivity index is 2.13. The molecule has 2 aromatic carbocycles. The monoisotopic (exact) mass is 282 g/mol. The number of aromatic hydroxyl groups is 1. The number of phenolic OH excluding ortho intramolecular Hbond substituents is 1. The van der Waals surface area contributed by atoms with Crippen LogP contribution in [-0.4, -0.2) is 17.5 Å². The van der Waals surface area contributed by atoms with Crippen molar-refractivity contribution in [1.29, 1.82) is 0 Å². The Hall–Kier alpha value is -2.55. The van der Waals surface area contributed by atoms with Gasteiger partial charge in [-0.2, -0.15) is 0 Å². The van der Waals surface area contributed by atoms with E-state index >= 15 is 0 Å². The molecule has 0 spiro atoms. The number of carbonyl (C=O) groups excluding carboxylic acids is 1. The first-order chi connectivity index (χ1) is 10.1. The molecule has 0 aliphatic carbocycles. The highest BCUT2D eigenvalue weighted by atomic mass is 16.5. The molecule has 2 rings (SSSR count). The van der Waals surface area contributed by atoms with Crippen LogP contribution in [-0.2, 0) is 0 Å². The van der Waals surface area contributed by atoms with Crippen LogP contribution < -0.4 is 4.74 Å². The van der Waals surface area contributed by atoms with Gasteiger partial charge in [-0.15, -0.1) is 0 Å². The molecule has 0 fully saturated rings. The van der Waals surface area contributed by atoms with Crippen molar-refractivity contribution in [2.45, 2.75) is 13.8 Å². The van der Waals surface area contributed by atoms with Gasteiger partial charge in [-0.05, 0) is 49.8 Å². The molecule has 0 radical (unpaired) electrons. The molecule has 108 valence electrons. The van der Waals surface area contributed by atoms with Crippen molar-refractivity contribution >= 4 is 11.9 Å². The summed E-state index contributed by atoms with van der Waals surface area (Å²) in [4.78, 5) is 12.1. The maximum Gasteiger partial charge on any atom is 0.189 e. The fourth-order valence-electron chi connectivity index (χ4n) is 1.95. The van der Waals surface area contributed by atoms with Gasteiger partial charge in [0.1, 0.15) is 11.5 Å². The summed E-state index contributed by atoms with van der Waals surface area (Å²) < 4.78 is 5.36. The van der Waals surface area contributed by atoms with Gasteiger partial charge in [0.05, 0.1) is 12.2 Å². The molecule has 3 nitrogen and oxygen atoms in total. The first kappa shape index (κ1) is 14.9. The summed E-state index contributed by atoms with van der Waals surface area (Å²) in [6.45, 7) is 4.44. The van der Waals surface area contributed by atoms with E-state index in [0.29, 0.717) is 12.2 Å². The van der Waals surface area contributed by atoms with E-state index in [1.54, 1.807) is 18.2 Å². The quantitative estimate of drug-likeness (QED) is 0.666. The van der Waals surface area contributed by atoms with Crippen molar-refractivity contribution < 1.29 is 14.6 Å². The molecule has 0 aliphatic rings. The first-order valence-electron chi connectivity index (χ1n) is 6.85. The lowest BCUT2D eigenvalue weighted by atomic mass is 10.1. The fraction of sp³-hybridized carbons (Fsp3) is 0.167. The molecular weight excluding hydrogens is 264 g/mol. The van der Waals surface area contributed by atoms with Crippen molar-refractivity contribution in [3.63, 3.8) is 0 Å². The maximum atomic E-state index is 12.1. The van der Waals surface area contributed by atoms with Crippen LogP contribution in [0, 0.1) is 6.92 Å². The lowest BCUT2D eigenvalue weighted by Gasteiger charge is -2.03. The van der Waals surface area contributed by atoms with E-state index in [0.717, 1.165) is 16.9 Å². The van der Waals surface area contributed by atoms with Crippen LogP contribution in [0.15, 0.2) is 48.5 Å². The highest BCUT2D eigenvalue weighted by Crippen LogP contribution is 2.20. The zero-order valence-corrected chi connectivity index (χ0v) is 12.2. The number of ketones is 1. The maximum absolute atomic E-state index is 12.1. The lowest BCUT2D eigenvalue weighted by molar-refractivity contribution is 0.104. The Morgan fingerprint density at radius 1 is 1.19 bits per heavy atom. The fourth-order valence-corrected chi connectivity index (χ4v) is 1.95. The minimum atomic E-state index is -0.218. The zero-order chi connectivity index (χ0) is 15.2. The molecule has 0 aromatic heterocycles. The van der Waals surface area contributed by atoms with Gasteiger partial charge in [-0.1, -0.05) is 29.8 Å². The van der Waals surface area contributed by atoms with E-state index < -0.39 is 0 Å². The molecule has 0 heterocycles. The van der Waals surface area contributed by atoms with Crippen molar-refractivity contribution in [3.8, 4) is 11.5 Å². The second-order valence-corrected chi connectivity index (χ2v) is 4.72. The number of allylic oxidation sites excluding steroid dienone is 1. The van der Waals surface area contributed by atoms with E-state index in [1.807, 2.05) is 38.1 Å². The third-order valence-electron chi connectivity index (χ3n) is 3.04. The topological polar surface area (TPSA) is 46.5 Å². The number of aryl methyl sites for hydroxylation is 1. The average Bonchev–Trinajstić information content (AvgIpc) is 2.49. The lowest BCUT2D eigenvalue weighted by Crippen LogP contribution is -1.95. The summed E-state index contributed by atoms with van der Waals surface area (Å²) in [6.07, 6.45) is 3.18. The minimum absolute atomic E-state index is 0.00180.